The van der Waals surface area contributed by atoms with Gasteiger partial charge in [-0.2, -0.15) is 0 Å². The van der Waals surface area contributed by atoms with Gasteiger partial charge in [0.1, 0.15) is 6.54 Å². The van der Waals surface area contributed by atoms with Crippen LogP contribution in [0.4, 0.5) is 0 Å². The Kier molecular flexibility index (Phi) is 6.67. The number of hydrogen-bond acceptors (Lipinski definition) is 3. The molecule has 4 aromatic rings. The van der Waals surface area contributed by atoms with Gasteiger partial charge in [-0.1, -0.05) is 60.1 Å². The van der Waals surface area contributed by atoms with E-state index in [-0.39, 0.29) is 22.2 Å². The lowest BCUT2D eigenvalue weighted by Gasteiger charge is -2.32. The third-order valence-corrected chi connectivity index (χ3v) is 8.85. The summed E-state index contributed by atoms with van der Waals surface area (Å²) in [5, 5.41) is 1.08. The molecule has 0 aliphatic carbocycles. The van der Waals surface area contributed by atoms with E-state index in [1.807, 2.05) is 29.2 Å². The van der Waals surface area contributed by atoms with Crippen molar-refractivity contribution in [2.45, 2.75) is 35.6 Å². The minimum absolute atomic E-state index is 0.0133. The van der Waals surface area contributed by atoms with E-state index in [4.69, 9.17) is 11.6 Å². The molecule has 5 rings (SSSR count). The van der Waals surface area contributed by atoms with Crippen LogP contribution in [0.2, 0.25) is 5.02 Å². The summed E-state index contributed by atoms with van der Waals surface area (Å²) < 4.78 is 28.5. The lowest BCUT2D eigenvalue weighted by Crippen LogP contribution is -2.40. The molecule has 5 nitrogen and oxygen atoms in total. The average Bonchev–Trinajstić information content (AvgIpc) is 3.24. The van der Waals surface area contributed by atoms with Gasteiger partial charge in [-0.05, 0) is 61.1 Å². The second-order valence-electron chi connectivity index (χ2n) is 9.11. The van der Waals surface area contributed by atoms with E-state index in [0.717, 1.165) is 37.9 Å². The largest absolute Gasteiger partial charge is 0.341 e. The first-order valence-corrected chi connectivity index (χ1v) is 13.7. The molecule has 7 heteroatoms. The van der Waals surface area contributed by atoms with Crippen molar-refractivity contribution >= 4 is 38.2 Å². The molecular formula is C28H27ClN2O3S. The standard InChI is InChI=1S/C28H27ClN2O3S/c29-23-10-12-24(13-11-23)35(33,34)27-19-31(26-9-5-4-8-25(26)27)20-28(32)30-16-14-22(15-17-30)18-21-6-2-1-3-7-21/h1-13,19,22H,14-18,20H2. The number of carbonyl (C=O) groups excluding carboxylic acids is 1. The normalized spacial score (nSPS) is 14.9. The highest BCUT2D eigenvalue weighted by Gasteiger charge is 2.26. The van der Waals surface area contributed by atoms with Gasteiger partial charge in [-0.25, -0.2) is 8.42 Å². The van der Waals surface area contributed by atoms with Crippen molar-refractivity contribution in [1.29, 1.82) is 0 Å². The number of sulfone groups is 1. The number of fused-ring (bicyclic) bond motifs is 1. The number of rotatable bonds is 6. The van der Waals surface area contributed by atoms with E-state index in [9.17, 15) is 13.2 Å². The zero-order valence-electron chi connectivity index (χ0n) is 19.3. The molecule has 0 radical (unpaired) electrons. The second-order valence-corrected chi connectivity index (χ2v) is 11.5. The zero-order valence-corrected chi connectivity index (χ0v) is 20.9. The fourth-order valence-corrected chi connectivity index (χ4v) is 6.48. The molecule has 2 heterocycles. The number of amides is 1. The maximum atomic E-state index is 13.4. The number of nitrogens with zero attached hydrogens (tertiary/aromatic N) is 2. The smallest absolute Gasteiger partial charge is 0.242 e. The molecule has 1 saturated heterocycles. The van der Waals surface area contributed by atoms with Gasteiger partial charge in [0.15, 0.2) is 0 Å². The monoisotopic (exact) mass is 506 g/mol. The Hall–Kier alpha value is -3.09. The highest BCUT2D eigenvalue weighted by molar-refractivity contribution is 7.91. The molecule has 0 bridgehead atoms. The summed E-state index contributed by atoms with van der Waals surface area (Å²) in [5.41, 5.74) is 2.07. The van der Waals surface area contributed by atoms with Gasteiger partial charge in [0.05, 0.1) is 9.79 Å². The molecule has 1 aliphatic rings. The van der Waals surface area contributed by atoms with Gasteiger partial charge in [0.2, 0.25) is 15.7 Å². The highest BCUT2D eigenvalue weighted by Crippen LogP contribution is 2.31. The summed E-state index contributed by atoms with van der Waals surface area (Å²) in [4.78, 5) is 15.5. The first-order chi connectivity index (χ1) is 16.9. The van der Waals surface area contributed by atoms with Crippen molar-refractivity contribution in [3.05, 3.63) is 95.6 Å². The van der Waals surface area contributed by atoms with Crippen LogP contribution in [-0.2, 0) is 27.6 Å². The van der Waals surface area contributed by atoms with Crippen LogP contribution in [0.25, 0.3) is 10.9 Å². The van der Waals surface area contributed by atoms with Crippen molar-refractivity contribution in [2.24, 2.45) is 5.92 Å². The molecule has 3 aromatic carbocycles. The SMILES string of the molecule is O=C(Cn1cc(S(=O)(=O)c2ccc(Cl)cc2)c2ccccc21)N1CCC(Cc2ccccc2)CC1. The van der Waals surface area contributed by atoms with Gasteiger partial charge >= 0.3 is 0 Å². The Morgan fingerprint density at radius 1 is 0.886 bits per heavy atom. The van der Waals surface area contributed by atoms with Crippen molar-refractivity contribution in [3.63, 3.8) is 0 Å². The molecule has 0 saturated carbocycles. The quantitative estimate of drug-likeness (QED) is 0.341. The number of halogens is 1. The number of hydrogen-bond donors (Lipinski definition) is 0. The first kappa shape index (κ1) is 23.6. The van der Waals surface area contributed by atoms with Gasteiger partial charge in [0, 0.05) is 35.2 Å². The van der Waals surface area contributed by atoms with Crippen molar-refractivity contribution < 1.29 is 13.2 Å². The highest BCUT2D eigenvalue weighted by atomic mass is 35.5. The van der Waals surface area contributed by atoms with Gasteiger partial charge in [-0.15, -0.1) is 0 Å². The Morgan fingerprint density at radius 2 is 1.54 bits per heavy atom. The molecule has 1 aromatic heterocycles. The predicted octanol–water partition coefficient (Wildman–Crippen LogP) is 5.61. The van der Waals surface area contributed by atoms with E-state index >= 15 is 0 Å². The number of piperidine rings is 1. The maximum Gasteiger partial charge on any atom is 0.242 e. The minimum Gasteiger partial charge on any atom is -0.341 e. The van der Waals surface area contributed by atoms with Gasteiger partial charge in [-0.3, -0.25) is 4.79 Å². The fraction of sp³-hybridized carbons (Fsp3) is 0.250. The van der Waals surface area contributed by atoms with E-state index < -0.39 is 9.84 Å². The first-order valence-electron chi connectivity index (χ1n) is 11.8. The van der Waals surface area contributed by atoms with E-state index in [2.05, 4.69) is 24.3 Å². The fourth-order valence-electron chi connectivity index (χ4n) is 4.88. The molecule has 0 unspecified atom stereocenters. The molecule has 1 fully saturated rings. The lowest BCUT2D eigenvalue weighted by molar-refractivity contribution is -0.133. The summed E-state index contributed by atoms with van der Waals surface area (Å²) in [6.07, 6.45) is 4.58. The van der Waals surface area contributed by atoms with Crippen LogP contribution in [-0.4, -0.2) is 36.9 Å². The number of carbonyl (C=O) groups is 1. The van der Waals surface area contributed by atoms with Gasteiger partial charge in [0.25, 0.3) is 0 Å². The number of benzene rings is 3. The van der Waals surface area contributed by atoms with E-state index in [1.54, 1.807) is 29.0 Å². The van der Waals surface area contributed by atoms with Crippen LogP contribution >= 0.6 is 11.6 Å². The summed E-state index contributed by atoms with van der Waals surface area (Å²) in [6, 6.07) is 23.9. The third kappa shape index (κ3) is 5.00. The molecule has 0 spiro atoms. The number of likely N-dealkylation sites (tertiary alicyclic amines) is 1. The van der Waals surface area contributed by atoms with Crippen LogP contribution in [0.5, 0.6) is 0 Å². The number of para-hydroxylation sites is 1. The zero-order chi connectivity index (χ0) is 24.4. The van der Waals surface area contributed by atoms with Crippen LogP contribution in [0, 0.1) is 5.92 Å². The summed E-state index contributed by atoms with van der Waals surface area (Å²) in [7, 11) is -3.76. The second kappa shape index (κ2) is 9.88. The molecule has 1 aliphatic heterocycles. The Bertz CT molecular complexity index is 1440. The number of aromatic nitrogens is 1. The maximum absolute atomic E-state index is 13.4. The summed E-state index contributed by atoms with van der Waals surface area (Å²) in [6.45, 7) is 1.57. The average molecular weight is 507 g/mol. The van der Waals surface area contributed by atoms with Gasteiger partial charge < -0.3 is 9.47 Å². The summed E-state index contributed by atoms with van der Waals surface area (Å²) >= 11 is 5.95. The van der Waals surface area contributed by atoms with E-state index in [0.29, 0.717) is 16.3 Å². The molecule has 180 valence electrons. The molecule has 35 heavy (non-hydrogen) atoms. The Morgan fingerprint density at radius 3 is 2.26 bits per heavy atom. The summed E-state index contributed by atoms with van der Waals surface area (Å²) in [5.74, 6) is 0.587. The minimum atomic E-state index is -3.76. The molecule has 0 N–H and O–H groups in total. The van der Waals surface area contributed by atoms with Crippen LogP contribution in [0.15, 0.2) is 94.9 Å². The molecule has 1 amide bonds. The van der Waals surface area contributed by atoms with Crippen molar-refractivity contribution in [2.75, 3.05) is 13.1 Å². The predicted molar refractivity (Wildman–Crippen MR) is 138 cm³/mol. The topological polar surface area (TPSA) is 59.4 Å². The van der Waals surface area contributed by atoms with E-state index in [1.165, 1.54) is 17.7 Å². The Labute approximate surface area is 210 Å². The van der Waals surface area contributed by atoms with Crippen LogP contribution in [0.3, 0.4) is 0 Å². The molecule has 0 atom stereocenters. The van der Waals surface area contributed by atoms with Crippen LogP contribution < -0.4 is 0 Å². The lowest BCUT2D eigenvalue weighted by atomic mass is 9.90. The van der Waals surface area contributed by atoms with Crippen molar-refractivity contribution in [1.82, 2.24) is 9.47 Å². The van der Waals surface area contributed by atoms with Crippen LogP contribution in [0.1, 0.15) is 18.4 Å². The Balaban J connectivity index is 1.33. The molecular weight excluding hydrogens is 480 g/mol. The third-order valence-electron chi connectivity index (χ3n) is 6.81. The van der Waals surface area contributed by atoms with Crippen molar-refractivity contribution in [3.8, 4) is 0 Å².